The molecule has 0 bridgehead atoms. The molecule has 1 heterocycles. The summed E-state index contributed by atoms with van der Waals surface area (Å²) >= 11 is 1.91. The van der Waals surface area contributed by atoms with Crippen LogP contribution in [0.2, 0.25) is 0 Å². The predicted molar refractivity (Wildman–Crippen MR) is 181 cm³/mol. The smallest absolute Gasteiger partial charge is 0.0433 e. The van der Waals surface area contributed by atoms with Gasteiger partial charge in [0, 0.05) is 20.2 Å². The lowest BCUT2D eigenvalue weighted by Gasteiger charge is -2.18. The minimum absolute atomic E-state index is 1.27. The molecule has 0 amide bonds. The Labute approximate surface area is 240 Å². The van der Waals surface area contributed by atoms with E-state index in [4.69, 9.17) is 0 Å². The maximum atomic E-state index is 2.44. The third-order valence-electron chi connectivity index (χ3n) is 9.16. The van der Waals surface area contributed by atoms with Gasteiger partial charge < -0.3 is 0 Å². The second kappa shape index (κ2) is 7.81. The van der Waals surface area contributed by atoms with Crippen LogP contribution in [0.5, 0.6) is 0 Å². The van der Waals surface area contributed by atoms with E-state index < -0.39 is 0 Å². The molecule has 41 heavy (non-hydrogen) atoms. The van der Waals surface area contributed by atoms with Gasteiger partial charge in [0.05, 0.1) is 0 Å². The van der Waals surface area contributed by atoms with Gasteiger partial charge >= 0.3 is 0 Å². The van der Waals surface area contributed by atoms with Gasteiger partial charge in [-0.1, -0.05) is 109 Å². The Kier molecular flexibility index (Phi) is 4.15. The molecule has 0 N–H and O–H groups in total. The maximum Gasteiger partial charge on any atom is 0.0433 e. The van der Waals surface area contributed by atoms with Crippen LogP contribution in [0.4, 0.5) is 0 Å². The van der Waals surface area contributed by atoms with E-state index in [1.54, 1.807) is 0 Å². The number of thiophene rings is 1. The van der Waals surface area contributed by atoms with Gasteiger partial charge in [0.15, 0.2) is 0 Å². The van der Waals surface area contributed by atoms with Gasteiger partial charge in [-0.25, -0.2) is 0 Å². The van der Waals surface area contributed by atoms with Crippen LogP contribution in [0.1, 0.15) is 0 Å². The Balaban J connectivity index is 1.36. The fraction of sp³-hybridized carbons (Fsp3) is 0. The Morgan fingerprint density at radius 2 is 0.854 bits per heavy atom. The van der Waals surface area contributed by atoms with Crippen LogP contribution in [-0.2, 0) is 0 Å². The van der Waals surface area contributed by atoms with Gasteiger partial charge in [-0.05, 0) is 100 Å². The molecule has 1 heteroatoms. The summed E-state index contributed by atoms with van der Waals surface area (Å²) in [6, 6.07) is 49.9. The normalized spacial score (nSPS) is 12.4. The summed E-state index contributed by atoms with van der Waals surface area (Å²) in [4.78, 5) is 0. The molecular formula is C40H22S. The first-order chi connectivity index (χ1) is 20.3. The molecule has 0 aliphatic rings. The van der Waals surface area contributed by atoms with Crippen LogP contribution >= 0.6 is 11.3 Å². The molecule has 0 unspecified atom stereocenters. The number of hydrogen-bond donors (Lipinski definition) is 0. The summed E-state index contributed by atoms with van der Waals surface area (Å²) in [6.07, 6.45) is 0. The van der Waals surface area contributed by atoms with Crippen molar-refractivity contribution in [2.75, 3.05) is 0 Å². The second-order valence-corrected chi connectivity index (χ2v) is 12.3. The lowest BCUT2D eigenvalue weighted by atomic mass is 9.84. The van der Waals surface area contributed by atoms with Crippen LogP contribution in [-0.4, -0.2) is 0 Å². The third-order valence-corrected chi connectivity index (χ3v) is 10.4. The van der Waals surface area contributed by atoms with Crippen LogP contribution in [0, 0.1) is 0 Å². The van der Waals surface area contributed by atoms with Crippen molar-refractivity contribution in [2.45, 2.75) is 0 Å². The Morgan fingerprint density at radius 3 is 1.54 bits per heavy atom. The fourth-order valence-electron chi connectivity index (χ4n) is 7.36. The molecule has 0 aliphatic carbocycles. The second-order valence-electron chi connectivity index (χ2n) is 11.2. The summed E-state index contributed by atoms with van der Waals surface area (Å²) in [5.41, 5.74) is 2.54. The van der Waals surface area contributed by atoms with Crippen LogP contribution in [0.15, 0.2) is 133 Å². The van der Waals surface area contributed by atoms with Gasteiger partial charge in [-0.3, -0.25) is 0 Å². The van der Waals surface area contributed by atoms with Gasteiger partial charge in [0.25, 0.3) is 0 Å². The first kappa shape index (κ1) is 21.8. The highest BCUT2D eigenvalue weighted by Gasteiger charge is 2.18. The van der Waals surface area contributed by atoms with E-state index in [1.165, 1.54) is 95.9 Å². The van der Waals surface area contributed by atoms with E-state index in [9.17, 15) is 0 Å². The molecule has 0 aliphatic heterocycles. The first-order valence-corrected chi connectivity index (χ1v) is 15.0. The van der Waals surface area contributed by atoms with Crippen molar-refractivity contribution in [1.82, 2.24) is 0 Å². The number of benzene rings is 9. The predicted octanol–water partition coefficient (Wildman–Crippen LogP) is 12.1. The van der Waals surface area contributed by atoms with Crippen molar-refractivity contribution < 1.29 is 0 Å². The van der Waals surface area contributed by atoms with E-state index >= 15 is 0 Å². The summed E-state index contributed by atoms with van der Waals surface area (Å²) in [5, 5.41) is 18.7. The van der Waals surface area contributed by atoms with E-state index in [0.717, 1.165) is 0 Å². The summed E-state index contributed by atoms with van der Waals surface area (Å²) in [6.45, 7) is 0. The molecule has 0 saturated carbocycles. The largest absolute Gasteiger partial charge is 0.135 e. The molecule has 9 aromatic carbocycles. The number of hydrogen-bond acceptors (Lipinski definition) is 1. The molecule has 0 radical (unpaired) electrons. The molecule has 0 saturated heterocycles. The van der Waals surface area contributed by atoms with Crippen molar-refractivity contribution in [3.63, 3.8) is 0 Å². The van der Waals surface area contributed by atoms with Crippen molar-refractivity contribution in [1.29, 1.82) is 0 Å². The molecule has 10 aromatic rings. The molecule has 10 rings (SSSR count). The Bertz CT molecular complexity index is 2590. The quantitative estimate of drug-likeness (QED) is 0.145. The summed E-state index contributed by atoms with van der Waals surface area (Å²) in [7, 11) is 0. The highest BCUT2D eigenvalue weighted by atomic mass is 32.1. The lowest BCUT2D eigenvalue weighted by Crippen LogP contribution is -1.90. The molecule has 0 nitrogen and oxygen atoms in total. The lowest BCUT2D eigenvalue weighted by molar-refractivity contribution is 1.73. The molecule has 0 atom stereocenters. The number of rotatable bonds is 1. The van der Waals surface area contributed by atoms with Gasteiger partial charge in [0.2, 0.25) is 0 Å². The van der Waals surface area contributed by atoms with Gasteiger partial charge in [-0.15, -0.1) is 11.3 Å². The SMILES string of the molecule is c1ccc2c(c1)ccc1c3cc(-c4cc5c6ccccc6c6cccc7c8ccccc8c(c4)c5c67)ccc3sc21. The maximum absolute atomic E-state index is 2.44. The van der Waals surface area contributed by atoms with Gasteiger partial charge in [-0.2, -0.15) is 0 Å². The molecular weight excluding hydrogens is 513 g/mol. The molecule has 1 aromatic heterocycles. The highest BCUT2D eigenvalue weighted by Crippen LogP contribution is 2.47. The standard InChI is InChI=1S/C40H22S/c1-2-9-26-23(8-1)16-18-33-34-20-24(17-19-37(34)41-40(26)33)25-21-35-29-12-5-3-10-27(29)31-14-7-15-32-28-11-4-6-13-30(28)36(22-25)39(35)38(31)32/h1-22H. The van der Waals surface area contributed by atoms with Gasteiger partial charge in [0.1, 0.15) is 0 Å². The minimum Gasteiger partial charge on any atom is -0.135 e. The van der Waals surface area contributed by atoms with Crippen LogP contribution in [0.25, 0.3) is 95.9 Å². The average Bonchev–Trinajstić information content (AvgIpc) is 3.43. The van der Waals surface area contributed by atoms with E-state index in [0.29, 0.717) is 0 Å². The third kappa shape index (κ3) is 2.84. The van der Waals surface area contributed by atoms with Crippen LogP contribution in [0.3, 0.4) is 0 Å². The van der Waals surface area contributed by atoms with Crippen molar-refractivity contribution in [3.8, 4) is 11.1 Å². The molecule has 0 spiro atoms. The first-order valence-electron chi connectivity index (χ1n) is 14.2. The highest BCUT2D eigenvalue weighted by molar-refractivity contribution is 7.26. The number of fused-ring (bicyclic) bond motifs is 11. The van der Waals surface area contributed by atoms with E-state index in [-0.39, 0.29) is 0 Å². The monoisotopic (exact) mass is 534 g/mol. The summed E-state index contributed by atoms with van der Waals surface area (Å²) < 4.78 is 2.72. The topological polar surface area (TPSA) is 0 Å². The zero-order valence-electron chi connectivity index (χ0n) is 22.1. The van der Waals surface area contributed by atoms with Crippen molar-refractivity contribution in [3.05, 3.63) is 133 Å². The summed E-state index contributed by atoms with van der Waals surface area (Å²) in [5.74, 6) is 0. The molecule has 188 valence electrons. The molecule has 0 fully saturated rings. The Hall–Kier alpha value is -4.98. The average molecular weight is 535 g/mol. The van der Waals surface area contributed by atoms with Crippen LogP contribution < -0.4 is 0 Å². The van der Waals surface area contributed by atoms with Crippen molar-refractivity contribution >= 4 is 96.1 Å². The minimum atomic E-state index is 1.27. The van der Waals surface area contributed by atoms with E-state index in [2.05, 4.69) is 133 Å². The van der Waals surface area contributed by atoms with Crippen molar-refractivity contribution in [2.24, 2.45) is 0 Å². The van der Waals surface area contributed by atoms with E-state index in [1.807, 2.05) is 11.3 Å². The zero-order valence-corrected chi connectivity index (χ0v) is 22.9. The zero-order chi connectivity index (χ0) is 26.7. The fourth-order valence-corrected chi connectivity index (χ4v) is 8.58. The Morgan fingerprint density at radius 1 is 0.317 bits per heavy atom.